The smallest absolute Gasteiger partial charge is 0.289 e. The number of aryl methyl sites for hydroxylation is 1. The monoisotopic (exact) mass is 386 g/mol. The summed E-state index contributed by atoms with van der Waals surface area (Å²) in [5, 5.41) is 7.11. The summed E-state index contributed by atoms with van der Waals surface area (Å²) in [6, 6.07) is 19.3. The molecule has 0 spiro atoms. The summed E-state index contributed by atoms with van der Waals surface area (Å²) in [6.45, 7) is 3.96. The topological polar surface area (TPSA) is 80.0 Å². The van der Waals surface area contributed by atoms with Crippen molar-refractivity contribution in [2.24, 2.45) is 0 Å². The van der Waals surface area contributed by atoms with Crippen molar-refractivity contribution < 1.29 is 9.21 Å². The number of anilines is 2. The molecule has 2 N–H and O–H groups in total. The van der Waals surface area contributed by atoms with Crippen molar-refractivity contribution in [3.63, 3.8) is 0 Å². The molecule has 0 aliphatic rings. The number of nitrogens with zero attached hydrogens (tertiary/aromatic N) is 2. The van der Waals surface area contributed by atoms with Crippen LogP contribution in [0.15, 0.2) is 71.3 Å². The molecule has 0 aliphatic heterocycles. The quantitative estimate of drug-likeness (QED) is 0.505. The number of amides is 1. The molecule has 2 heterocycles. The molecule has 6 nitrogen and oxygen atoms in total. The molecule has 1 atom stereocenters. The van der Waals surface area contributed by atoms with Gasteiger partial charge in [-0.3, -0.25) is 4.79 Å². The Balaban J connectivity index is 1.60. The van der Waals surface area contributed by atoms with E-state index in [1.807, 2.05) is 74.5 Å². The van der Waals surface area contributed by atoms with Crippen LogP contribution in [0.4, 0.5) is 11.5 Å². The van der Waals surface area contributed by atoms with Gasteiger partial charge in [0.2, 0.25) is 5.82 Å². The predicted molar refractivity (Wildman–Crippen MR) is 113 cm³/mol. The Bertz CT molecular complexity index is 1120. The number of furan rings is 1. The number of hydrogen-bond donors (Lipinski definition) is 2. The van der Waals surface area contributed by atoms with Gasteiger partial charge in [0.25, 0.3) is 5.91 Å². The van der Waals surface area contributed by atoms with Crippen molar-refractivity contribution in [2.45, 2.75) is 26.3 Å². The molecule has 0 radical (unpaired) electrons. The Kier molecular flexibility index (Phi) is 5.24. The van der Waals surface area contributed by atoms with Crippen LogP contribution in [-0.2, 0) is 6.42 Å². The number of fused-ring (bicyclic) bond motifs is 1. The molecule has 0 saturated heterocycles. The lowest BCUT2D eigenvalue weighted by molar-refractivity contribution is 0.0929. The van der Waals surface area contributed by atoms with Crippen molar-refractivity contribution in [3.05, 3.63) is 84.1 Å². The molecule has 0 bridgehead atoms. The Morgan fingerprint density at radius 1 is 1.03 bits per heavy atom. The number of benzene rings is 2. The second-order valence-electron chi connectivity index (χ2n) is 7.06. The van der Waals surface area contributed by atoms with Crippen LogP contribution in [0.3, 0.4) is 0 Å². The zero-order valence-electron chi connectivity index (χ0n) is 16.3. The Labute approximate surface area is 169 Å². The Morgan fingerprint density at radius 2 is 1.83 bits per heavy atom. The van der Waals surface area contributed by atoms with E-state index in [1.54, 1.807) is 6.26 Å². The van der Waals surface area contributed by atoms with Gasteiger partial charge in [-0.15, -0.1) is 0 Å². The van der Waals surface area contributed by atoms with Gasteiger partial charge < -0.3 is 15.1 Å². The van der Waals surface area contributed by atoms with Gasteiger partial charge in [0.05, 0.1) is 11.8 Å². The van der Waals surface area contributed by atoms with Crippen LogP contribution < -0.4 is 10.6 Å². The second kappa shape index (κ2) is 8.14. The maximum absolute atomic E-state index is 12.8. The van der Waals surface area contributed by atoms with E-state index in [0.29, 0.717) is 17.8 Å². The molecule has 1 unspecified atom stereocenters. The summed E-state index contributed by atoms with van der Waals surface area (Å²) in [7, 11) is 0. The minimum Gasteiger partial charge on any atom is -0.469 e. The first kappa shape index (κ1) is 18.7. The van der Waals surface area contributed by atoms with Gasteiger partial charge in [-0.25, -0.2) is 9.97 Å². The zero-order valence-corrected chi connectivity index (χ0v) is 16.3. The number of para-hydroxylation sites is 1. The summed E-state index contributed by atoms with van der Waals surface area (Å²) < 4.78 is 5.35. The normalized spacial score (nSPS) is 11.9. The molecule has 4 rings (SSSR count). The van der Waals surface area contributed by atoms with Gasteiger partial charge in [-0.1, -0.05) is 29.8 Å². The van der Waals surface area contributed by atoms with Crippen molar-refractivity contribution >= 4 is 28.3 Å². The van der Waals surface area contributed by atoms with Crippen molar-refractivity contribution in [2.75, 3.05) is 5.32 Å². The van der Waals surface area contributed by atoms with Crippen molar-refractivity contribution in [1.29, 1.82) is 0 Å². The third-order valence-electron chi connectivity index (χ3n) is 4.59. The first-order valence-electron chi connectivity index (χ1n) is 9.52. The van der Waals surface area contributed by atoms with Crippen LogP contribution in [0.25, 0.3) is 10.9 Å². The highest BCUT2D eigenvalue weighted by molar-refractivity contribution is 5.97. The fourth-order valence-electron chi connectivity index (χ4n) is 3.12. The summed E-state index contributed by atoms with van der Waals surface area (Å²) in [4.78, 5) is 21.7. The highest BCUT2D eigenvalue weighted by Gasteiger charge is 2.17. The van der Waals surface area contributed by atoms with Crippen LogP contribution in [-0.4, -0.2) is 21.9 Å². The molecule has 0 aliphatic carbocycles. The summed E-state index contributed by atoms with van der Waals surface area (Å²) in [6.07, 6.45) is 2.22. The van der Waals surface area contributed by atoms with E-state index in [-0.39, 0.29) is 17.8 Å². The van der Waals surface area contributed by atoms with Crippen LogP contribution in [0, 0.1) is 6.92 Å². The van der Waals surface area contributed by atoms with E-state index in [2.05, 4.69) is 20.6 Å². The lowest BCUT2D eigenvalue weighted by Crippen LogP contribution is -2.35. The SMILES string of the molecule is Cc1ccc(Nc2nc(C(=O)NC(C)Cc3ccco3)nc3ccccc23)cc1. The minimum absolute atomic E-state index is 0.114. The van der Waals surface area contributed by atoms with Crippen LogP contribution in [0.1, 0.15) is 28.9 Å². The van der Waals surface area contributed by atoms with E-state index in [1.165, 1.54) is 5.56 Å². The van der Waals surface area contributed by atoms with Gasteiger partial charge in [0.1, 0.15) is 11.6 Å². The van der Waals surface area contributed by atoms with Crippen LogP contribution >= 0.6 is 0 Å². The molecule has 4 aromatic rings. The van der Waals surface area contributed by atoms with E-state index < -0.39 is 0 Å². The summed E-state index contributed by atoms with van der Waals surface area (Å²) in [5.41, 5.74) is 2.78. The van der Waals surface area contributed by atoms with Crippen molar-refractivity contribution in [1.82, 2.24) is 15.3 Å². The van der Waals surface area contributed by atoms with Gasteiger partial charge in [0.15, 0.2) is 0 Å². The Morgan fingerprint density at radius 3 is 2.59 bits per heavy atom. The van der Waals surface area contributed by atoms with E-state index in [9.17, 15) is 4.79 Å². The van der Waals surface area contributed by atoms with E-state index in [0.717, 1.165) is 16.8 Å². The number of nitrogens with one attached hydrogen (secondary N) is 2. The number of carbonyl (C=O) groups excluding carboxylic acids is 1. The third-order valence-corrected chi connectivity index (χ3v) is 4.59. The highest BCUT2D eigenvalue weighted by atomic mass is 16.3. The summed E-state index contributed by atoms with van der Waals surface area (Å²) >= 11 is 0. The van der Waals surface area contributed by atoms with Crippen molar-refractivity contribution in [3.8, 4) is 0 Å². The standard InChI is InChI=1S/C23H22N4O2/c1-15-9-11-17(12-10-15)25-21-19-7-3-4-8-20(19)26-22(27-21)23(28)24-16(2)14-18-6-5-13-29-18/h3-13,16H,14H2,1-2H3,(H,24,28)(H,25,26,27). The predicted octanol–water partition coefficient (Wildman–Crippen LogP) is 4.64. The number of carbonyl (C=O) groups is 1. The first-order valence-corrected chi connectivity index (χ1v) is 9.52. The van der Waals surface area contributed by atoms with E-state index in [4.69, 9.17) is 4.42 Å². The molecule has 2 aromatic heterocycles. The van der Waals surface area contributed by atoms with E-state index >= 15 is 0 Å². The van der Waals surface area contributed by atoms with Gasteiger partial charge >= 0.3 is 0 Å². The number of hydrogen-bond acceptors (Lipinski definition) is 5. The average molecular weight is 386 g/mol. The van der Waals surface area contributed by atoms with Gasteiger partial charge in [-0.05, 0) is 50.2 Å². The molecule has 1 amide bonds. The maximum atomic E-state index is 12.8. The first-order chi connectivity index (χ1) is 14.1. The molecule has 0 fully saturated rings. The fraction of sp³-hybridized carbons (Fsp3) is 0.174. The van der Waals surface area contributed by atoms with Gasteiger partial charge in [-0.2, -0.15) is 0 Å². The lowest BCUT2D eigenvalue weighted by Gasteiger charge is -2.14. The lowest BCUT2D eigenvalue weighted by atomic mass is 10.2. The zero-order chi connectivity index (χ0) is 20.2. The third kappa shape index (κ3) is 4.43. The number of rotatable bonds is 6. The second-order valence-corrected chi connectivity index (χ2v) is 7.06. The molecule has 0 saturated carbocycles. The van der Waals surface area contributed by atoms with Crippen LogP contribution in [0.5, 0.6) is 0 Å². The number of aromatic nitrogens is 2. The van der Waals surface area contributed by atoms with Gasteiger partial charge in [0, 0.05) is 23.5 Å². The minimum atomic E-state index is -0.318. The highest BCUT2D eigenvalue weighted by Crippen LogP contribution is 2.24. The Hall–Kier alpha value is -3.67. The maximum Gasteiger partial charge on any atom is 0.289 e. The molecule has 146 valence electrons. The summed E-state index contributed by atoms with van der Waals surface area (Å²) in [5.74, 6) is 1.23. The van der Waals surface area contributed by atoms with Crippen LogP contribution in [0.2, 0.25) is 0 Å². The average Bonchev–Trinajstić information content (AvgIpc) is 3.22. The molecule has 6 heteroatoms. The fourth-order valence-corrected chi connectivity index (χ4v) is 3.12. The molecule has 29 heavy (non-hydrogen) atoms. The molecule has 2 aromatic carbocycles. The largest absolute Gasteiger partial charge is 0.469 e. The molecular formula is C23H22N4O2. The molecular weight excluding hydrogens is 364 g/mol.